The first-order valence-corrected chi connectivity index (χ1v) is 6.38. The molecule has 0 amide bonds. The smallest absolute Gasteiger partial charge is 0.272 e. The summed E-state index contributed by atoms with van der Waals surface area (Å²) >= 11 is 0. The predicted octanol–water partition coefficient (Wildman–Crippen LogP) is 2.26. The largest absolute Gasteiger partial charge is 0.454 e. The number of nitrogens with one attached hydrogen (secondary N) is 1. The Labute approximate surface area is 116 Å². The second kappa shape index (κ2) is 5.18. The summed E-state index contributed by atoms with van der Waals surface area (Å²) in [5.74, 6) is 0.867. The van der Waals surface area contributed by atoms with Gasteiger partial charge >= 0.3 is 0 Å². The van der Waals surface area contributed by atoms with Gasteiger partial charge in [-0.25, -0.2) is 8.78 Å². The molecular formula is C14H19F2NO3. The van der Waals surface area contributed by atoms with E-state index >= 15 is 0 Å². The molecule has 1 unspecified atom stereocenters. The maximum atomic E-state index is 13.3. The van der Waals surface area contributed by atoms with Crippen molar-refractivity contribution in [3.05, 3.63) is 23.8 Å². The van der Waals surface area contributed by atoms with Crippen LogP contribution in [0.1, 0.15) is 26.3 Å². The van der Waals surface area contributed by atoms with Crippen LogP contribution < -0.4 is 14.8 Å². The first-order valence-electron chi connectivity index (χ1n) is 6.38. The van der Waals surface area contributed by atoms with Gasteiger partial charge in [0.15, 0.2) is 17.1 Å². The quantitative estimate of drug-likeness (QED) is 0.892. The van der Waals surface area contributed by atoms with E-state index in [2.05, 4.69) is 5.32 Å². The first kappa shape index (κ1) is 15.0. The number of hydrogen-bond donors (Lipinski definition) is 2. The fraction of sp³-hybridized carbons (Fsp3) is 0.571. The van der Waals surface area contributed by atoms with Crippen LogP contribution in [0.3, 0.4) is 0 Å². The van der Waals surface area contributed by atoms with Crippen molar-refractivity contribution in [2.24, 2.45) is 0 Å². The summed E-state index contributed by atoms with van der Waals surface area (Å²) in [7, 11) is 0. The molecule has 1 atom stereocenters. The molecule has 20 heavy (non-hydrogen) atoms. The van der Waals surface area contributed by atoms with E-state index in [0.29, 0.717) is 11.5 Å². The highest BCUT2D eigenvalue weighted by Crippen LogP contribution is 2.37. The lowest BCUT2D eigenvalue weighted by atomic mass is 9.92. The number of fused-ring (bicyclic) bond motifs is 1. The molecule has 0 saturated heterocycles. The molecule has 0 aromatic heterocycles. The highest BCUT2D eigenvalue weighted by Gasteiger charge is 2.41. The number of alkyl halides is 2. The Morgan fingerprint density at radius 2 is 1.90 bits per heavy atom. The number of aliphatic hydroxyl groups is 1. The number of halogens is 2. The Kier molecular flexibility index (Phi) is 3.88. The van der Waals surface area contributed by atoms with E-state index in [0.717, 1.165) is 0 Å². The van der Waals surface area contributed by atoms with Gasteiger partial charge in [0.2, 0.25) is 6.79 Å². The van der Waals surface area contributed by atoms with Crippen molar-refractivity contribution in [3.63, 3.8) is 0 Å². The van der Waals surface area contributed by atoms with Crippen LogP contribution in [-0.4, -0.2) is 30.4 Å². The molecular weight excluding hydrogens is 268 g/mol. The van der Waals surface area contributed by atoms with Crippen molar-refractivity contribution in [2.45, 2.75) is 38.3 Å². The van der Waals surface area contributed by atoms with E-state index in [1.54, 1.807) is 0 Å². The van der Waals surface area contributed by atoms with E-state index in [-0.39, 0.29) is 24.4 Å². The predicted molar refractivity (Wildman–Crippen MR) is 70.2 cm³/mol. The van der Waals surface area contributed by atoms with E-state index in [1.807, 2.05) is 20.8 Å². The number of rotatable bonds is 4. The van der Waals surface area contributed by atoms with Crippen LogP contribution in [0.25, 0.3) is 0 Å². The van der Waals surface area contributed by atoms with Crippen LogP contribution in [0.5, 0.6) is 11.5 Å². The topological polar surface area (TPSA) is 50.7 Å². The first-order chi connectivity index (χ1) is 9.22. The average molecular weight is 287 g/mol. The summed E-state index contributed by atoms with van der Waals surface area (Å²) in [6, 6.07) is 4.37. The molecule has 0 bridgehead atoms. The molecule has 0 fully saturated rings. The summed E-state index contributed by atoms with van der Waals surface area (Å²) in [5.41, 5.74) is -2.54. The van der Waals surface area contributed by atoms with Crippen molar-refractivity contribution in [3.8, 4) is 11.5 Å². The van der Waals surface area contributed by atoms with Gasteiger partial charge in [-0.2, -0.15) is 0 Å². The van der Waals surface area contributed by atoms with E-state index in [1.165, 1.54) is 18.2 Å². The van der Waals surface area contributed by atoms with Crippen molar-refractivity contribution in [1.29, 1.82) is 0 Å². The second-order valence-electron chi connectivity index (χ2n) is 5.90. The third-order valence-corrected chi connectivity index (χ3v) is 3.12. The molecule has 112 valence electrons. The van der Waals surface area contributed by atoms with Crippen LogP contribution in [0.4, 0.5) is 8.78 Å². The van der Waals surface area contributed by atoms with Crippen LogP contribution in [0, 0.1) is 0 Å². The Morgan fingerprint density at radius 3 is 2.50 bits per heavy atom. The number of ether oxygens (including phenoxy) is 2. The van der Waals surface area contributed by atoms with Crippen molar-refractivity contribution >= 4 is 0 Å². The molecule has 0 spiro atoms. The lowest BCUT2D eigenvalue weighted by Crippen LogP contribution is -2.49. The van der Waals surface area contributed by atoms with Gasteiger partial charge in [0, 0.05) is 12.1 Å². The third kappa shape index (κ3) is 3.02. The number of β-amino-alcohol motifs (C(OH)–C–C–N with tert-alkyl or cyclic N) is 1. The van der Waals surface area contributed by atoms with Gasteiger partial charge in [0.05, 0.1) is 0 Å². The van der Waals surface area contributed by atoms with Crippen LogP contribution in [0.2, 0.25) is 0 Å². The standard InChI is InChI=1S/C14H19F2NO3/c1-13(2,3)17-7-14(18,12(15)16)9-4-5-10-11(6-9)20-8-19-10/h4-6,12,17-18H,7-8H2,1-3H3. The van der Waals surface area contributed by atoms with Gasteiger partial charge in [0.1, 0.15) is 0 Å². The molecule has 1 aliphatic rings. The molecule has 2 N–H and O–H groups in total. The molecule has 0 aliphatic carbocycles. The second-order valence-corrected chi connectivity index (χ2v) is 5.90. The average Bonchev–Trinajstić information content (AvgIpc) is 2.81. The van der Waals surface area contributed by atoms with Crippen molar-refractivity contribution in [1.82, 2.24) is 5.32 Å². The summed E-state index contributed by atoms with van der Waals surface area (Å²) in [5, 5.41) is 13.3. The SMILES string of the molecule is CC(C)(C)NCC(O)(c1ccc2c(c1)OCO2)C(F)F. The van der Waals surface area contributed by atoms with Crippen LogP contribution in [0.15, 0.2) is 18.2 Å². The minimum Gasteiger partial charge on any atom is -0.454 e. The number of benzene rings is 1. The van der Waals surface area contributed by atoms with E-state index in [4.69, 9.17) is 9.47 Å². The molecule has 1 aliphatic heterocycles. The number of hydrogen-bond acceptors (Lipinski definition) is 4. The molecule has 6 heteroatoms. The zero-order valence-corrected chi connectivity index (χ0v) is 11.7. The van der Waals surface area contributed by atoms with Gasteiger partial charge in [0.25, 0.3) is 6.43 Å². The zero-order chi connectivity index (χ0) is 15.0. The Morgan fingerprint density at radius 1 is 1.25 bits per heavy atom. The fourth-order valence-electron chi connectivity index (χ4n) is 1.87. The van der Waals surface area contributed by atoms with E-state index < -0.39 is 12.0 Å². The molecule has 1 aromatic carbocycles. The summed E-state index contributed by atoms with van der Waals surface area (Å²) in [6.07, 6.45) is -2.92. The Bertz CT molecular complexity index is 488. The van der Waals surface area contributed by atoms with Crippen LogP contribution >= 0.6 is 0 Å². The lowest BCUT2D eigenvalue weighted by molar-refractivity contribution is -0.102. The highest BCUT2D eigenvalue weighted by atomic mass is 19.3. The summed E-state index contributed by atoms with van der Waals surface area (Å²) in [6.45, 7) is 5.34. The molecule has 0 saturated carbocycles. The van der Waals surface area contributed by atoms with Gasteiger partial charge in [-0.3, -0.25) is 0 Å². The fourth-order valence-corrected chi connectivity index (χ4v) is 1.87. The van der Waals surface area contributed by atoms with Gasteiger partial charge < -0.3 is 19.9 Å². The van der Waals surface area contributed by atoms with E-state index in [9.17, 15) is 13.9 Å². The third-order valence-electron chi connectivity index (χ3n) is 3.12. The van der Waals surface area contributed by atoms with Crippen molar-refractivity contribution in [2.75, 3.05) is 13.3 Å². The minimum absolute atomic E-state index is 0.0616. The van der Waals surface area contributed by atoms with Crippen LogP contribution in [-0.2, 0) is 5.60 Å². The van der Waals surface area contributed by atoms with Gasteiger partial charge in [-0.05, 0) is 38.5 Å². The van der Waals surface area contributed by atoms with Gasteiger partial charge in [-0.1, -0.05) is 6.07 Å². The molecule has 0 radical (unpaired) electrons. The molecule has 1 heterocycles. The molecule has 4 nitrogen and oxygen atoms in total. The lowest BCUT2D eigenvalue weighted by Gasteiger charge is -2.32. The van der Waals surface area contributed by atoms with Crippen molar-refractivity contribution < 1.29 is 23.4 Å². The summed E-state index contributed by atoms with van der Waals surface area (Å²) < 4.78 is 37.0. The minimum atomic E-state index is -2.92. The Hall–Kier alpha value is -1.40. The zero-order valence-electron chi connectivity index (χ0n) is 11.7. The normalized spacial score (nSPS) is 17.4. The Balaban J connectivity index is 2.28. The maximum Gasteiger partial charge on any atom is 0.272 e. The highest BCUT2D eigenvalue weighted by molar-refractivity contribution is 5.46. The summed E-state index contributed by atoms with van der Waals surface area (Å²) in [4.78, 5) is 0. The maximum absolute atomic E-state index is 13.3. The monoisotopic (exact) mass is 287 g/mol. The molecule has 1 aromatic rings. The van der Waals surface area contributed by atoms with Gasteiger partial charge in [-0.15, -0.1) is 0 Å². The molecule has 2 rings (SSSR count).